The monoisotopic (exact) mass is 311 g/mol. The van der Waals surface area contributed by atoms with Crippen molar-refractivity contribution in [2.75, 3.05) is 0 Å². The molecule has 2 aromatic rings. The molecule has 5 heteroatoms. The van der Waals surface area contributed by atoms with Crippen molar-refractivity contribution >= 4 is 11.7 Å². The maximum atomic E-state index is 12.3. The number of aromatic nitrogens is 2. The number of hydrogen-bond acceptors (Lipinski definition) is 3. The van der Waals surface area contributed by atoms with Crippen LogP contribution in [-0.2, 0) is 24.2 Å². The van der Waals surface area contributed by atoms with Crippen molar-refractivity contribution < 1.29 is 9.59 Å². The molecule has 3 rings (SSSR count). The molecule has 1 aliphatic rings. The van der Waals surface area contributed by atoms with Gasteiger partial charge in [0.05, 0.1) is 12.2 Å². The number of ketones is 1. The molecule has 1 heterocycles. The summed E-state index contributed by atoms with van der Waals surface area (Å²) in [4.78, 5) is 24.1. The number of H-pyrrole nitrogens is 1. The van der Waals surface area contributed by atoms with Gasteiger partial charge in [0.15, 0.2) is 5.78 Å². The first-order valence-corrected chi connectivity index (χ1v) is 8.12. The van der Waals surface area contributed by atoms with Crippen LogP contribution >= 0.6 is 0 Å². The van der Waals surface area contributed by atoms with Gasteiger partial charge in [0.25, 0.3) is 0 Å². The highest BCUT2D eigenvalue weighted by atomic mass is 16.2. The van der Waals surface area contributed by atoms with Gasteiger partial charge in [-0.15, -0.1) is 0 Å². The van der Waals surface area contributed by atoms with Gasteiger partial charge in [-0.25, -0.2) is 0 Å². The lowest BCUT2D eigenvalue weighted by molar-refractivity contribution is -0.121. The second-order valence-corrected chi connectivity index (χ2v) is 5.97. The third-order valence-corrected chi connectivity index (χ3v) is 4.28. The number of benzene rings is 1. The van der Waals surface area contributed by atoms with E-state index in [2.05, 4.69) is 21.6 Å². The number of Topliss-reactive ketones (excluding diaryl/α,β-unsaturated/α-hetero) is 1. The van der Waals surface area contributed by atoms with E-state index < -0.39 is 0 Å². The standard InChI is InChI=1S/C18H21N3O2/c22-17(7-8-18(23)19-12-16-9-10-20-21-16)15-6-5-13-3-1-2-4-14(13)11-15/h5-6,9-11H,1-4,7-8,12H2,(H,19,23)(H,20,21). The molecule has 0 fully saturated rings. The lowest BCUT2D eigenvalue weighted by atomic mass is 9.89. The number of aromatic amines is 1. The van der Waals surface area contributed by atoms with Crippen molar-refractivity contribution in [2.45, 2.75) is 45.1 Å². The molecule has 0 unspecified atom stereocenters. The molecule has 1 aromatic heterocycles. The van der Waals surface area contributed by atoms with Crippen molar-refractivity contribution in [2.24, 2.45) is 0 Å². The zero-order valence-electron chi connectivity index (χ0n) is 13.1. The summed E-state index contributed by atoms with van der Waals surface area (Å²) in [6.45, 7) is 0.409. The minimum absolute atomic E-state index is 0.0371. The van der Waals surface area contributed by atoms with Crippen molar-refractivity contribution in [1.29, 1.82) is 0 Å². The van der Waals surface area contributed by atoms with E-state index in [0.717, 1.165) is 24.1 Å². The molecule has 0 radical (unpaired) electrons. The highest BCUT2D eigenvalue weighted by molar-refractivity contribution is 5.98. The Balaban J connectivity index is 1.50. The van der Waals surface area contributed by atoms with E-state index in [1.54, 1.807) is 12.3 Å². The Kier molecular flexibility index (Phi) is 4.86. The van der Waals surface area contributed by atoms with Crippen LogP contribution in [0.5, 0.6) is 0 Å². The first kappa shape index (κ1) is 15.5. The lowest BCUT2D eigenvalue weighted by Gasteiger charge is -2.16. The van der Waals surface area contributed by atoms with E-state index in [4.69, 9.17) is 0 Å². The first-order chi connectivity index (χ1) is 11.2. The van der Waals surface area contributed by atoms with E-state index in [-0.39, 0.29) is 24.5 Å². The van der Waals surface area contributed by atoms with Gasteiger partial charge in [0.1, 0.15) is 0 Å². The quantitative estimate of drug-likeness (QED) is 0.805. The zero-order valence-corrected chi connectivity index (χ0v) is 13.1. The second kappa shape index (κ2) is 7.22. The fourth-order valence-corrected chi connectivity index (χ4v) is 2.94. The molecular formula is C18H21N3O2. The molecule has 1 aromatic carbocycles. The summed E-state index contributed by atoms with van der Waals surface area (Å²) in [6.07, 6.45) is 6.69. The molecule has 0 spiro atoms. The predicted molar refractivity (Wildman–Crippen MR) is 87.1 cm³/mol. The Labute approximate surface area is 135 Å². The van der Waals surface area contributed by atoms with Crippen molar-refractivity contribution in [1.82, 2.24) is 15.5 Å². The van der Waals surface area contributed by atoms with E-state index in [9.17, 15) is 9.59 Å². The van der Waals surface area contributed by atoms with Crippen LogP contribution in [0.3, 0.4) is 0 Å². The second-order valence-electron chi connectivity index (χ2n) is 5.97. The molecule has 0 atom stereocenters. The average Bonchev–Trinajstić information content (AvgIpc) is 3.11. The van der Waals surface area contributed by atoms with Gasteiger partial charge in [0.2, 0.25) is 5.91 Å². The third kappa shape index (κ3) is 4.06. The SMILES string of the molecule is O=C(CCC(=O)c1ccc2c(c1)CCCC2)NCc1ccn[nH]1. The van der Waals surface area contributed by atoms with Crippen LogP contribution in [0.4, 0.5) is 0 Å². The topological polar surface area (TPSA) is 74.8 Å². The van der Waals surface area contributed by atoms with Crippen molar-refractivity contribution in [3.05, 3.63) is 52.8 Å². The molecule has 5 nitrogen and oxygen atoms in total. The minimum atomic E-state index is -0.120. The van der Waals surface area contributed by atoms with E-state index in [0.29, 0.717) is 6.54 Å². The number of amides is 1. The van der Waals surface area contributed by atoms with Gasteiger partial charge in [-0.2, -0.15) is 5.10 Å². The molecule has 1 aliphatic carbocycles. The van der Waals surface area contributed by atoms with Crippen LogP contribution in [0.2, 0.25) is 0 Å². The van der Waals surface area contributed by atoms with E-state index >= 15 is 0 Å². The molecule has 1 amide bonds. The predicted octanol–water partition coefficient (Wildman–Crippen LogP) is 2.57. The highest BCUT2D eigenvalue weighted by Crippen LogP contribution is 2.22. The molecule has 0 saturated heterocycles. The summed E-state index contributed by atoms with van der Waals surface area (Å²) < 4.78 is 0. The first-order valence-electron chi connectivity index (χ1n) is 8.12. The number of nitrogens with one attached hydrogen (secondary N) is 2. The van der Waals surface area contributed by atoms with Crippen LogP contribution in [0, 0.1) is 0 Å². The number of hydrogen-bond donors (Lipinski definition) is 2. The summed E-state index contributed by atoms with van der Waals surface area (Å²) in [5.41, 5.74) is 4.24. The van der Waals surface area contributed by atoms with Gasteiger partial charge in [-0.1, -0.05) is 12.1 Å². The zero-order chi connectivity index (χ0) is 16.1. The van der Waals surface area contributed by atoms with Gasteiger partial charge >= 0.3 is 0 Å². The Bertz CT molecular complexity index is 692. The Morgan fingerprint density at radius 3 is 2.70 bits per heavy atom. The summed E-state index contributed by atoms with van der Waals surface area (Å²) in [5, 5.41) is 9.38. The third-order valence-electron chi connectivity index (χ3n) is 4.28. The normalized spacial score (nSPS) is 13.4. The summed E-state index contributed by atoms with van der Waals surface area (Å²) in [7, 11) is 0. The van der Waals surface area contributed by atoms with Crippen LogP contribution in [0.25, 0.3) is 0 Å². The fraction of sp³-hybridized carbons (Fsp3) is 0.389. The molecule has 120 valence electrons. The van der Waals surface area contributed by atoms with Crippen LogP contribution < -0.4 is 5.32 Å². The summed E-state index contributed by atoms with van der Waals surface area (Å²) in [5.74, 6) is -0.0824. The number of fused-ring (bicyclic) bond motifs is 1. The summed E-state index contributed by atoms with van der Waals surface area (Å²) in [6, 6.07) is 7.78. The van der Waals surface area contributed by atoms with Crippen LogP contribution in [0.15, 0.2) is 30.5 Å². The van der Waals surface area contributed by atoms with Crippen molar-refractivity contribution in [3.8, 4) is 0 Å². The number of carbonyl (C=O) groups is 2. The molecule has 0 aliphatic heterocycles. The van der Waals surface area contributed by atoms with Gasteiger partial charge in [0, 0.05) is 24.6 Å². The average molecular weight is 311 g/mol. The van der Waals surface area contributed by atoms with Gasteiger partial charge in [-0.05, 0) is 48.9 Å². The number of nitrogens with zero attached hydrogens (tertiary/aromatic N) is 1. The van der Waals surface area contributed by atoms with Gasteiger partial charge in [-0.3, -0.25) is 14.7 Å². The smallest absolute Gasteiger partial charge is 0.220 e. The van der Waals surface area contributed by atoms with Crippen LogP contribution in [-0.4, -0.2) is 21.9 Å². The Hall–Kier alpha value is -2.43. The summed E-state index contributed by atoms with van der Waals surface area (Å²) >= 11 is 0. The molecule has 23 heavy (non-hydrogen) atoms. The number of rotatable bonds is 6. The van der Waals surface area contributed by atoms with Gasteiger partial charge < -0.3 is 5.32 Å². The lowest BCUT2D eigenvalue weighted by Crippen LogP contribution is -2.23. The molecule has 2 N–H and O–H groups in total. The Morgan fingerprint density at radius 1 is 1.09 bits per heavy atom. The van der Waals surface area contributed by atoms with E-state index in [1.165, 1.54) is 24.0 Å². The maximum Gasteiger partial charge on any atom is 0.220 e. The van der Waals surface area contributed by atoms with Crippen molar-refractivity contribution in [3.63, 3.8) is 0 Å². The number of aryl methyl sites for hydroxylation is 2. The molecular weight excluding hydrogens is 290 g/mol. The largest absolute Gasteiger partial charge is 0.350 e. The highest BCUT2D eigenvalue weighted by Gasteiger charge is 2.14. The molecule has 0 bridgehead atoms. The number of carbonyl (C=O) groups excluding carboxylic acids is 2. The van der Waals surface area contributed by atoms with Crippen LogP contribution in [0.1, 0.15) is 52.9 Å². The molecule has 0 saturated carbocycles. The maximum absolute atomic E-state index is 12.3. The van der Waals surface area contributed by atoms with E-state index in [1.807, 2.05) is 12.1 Å². The fourth-order valence-electron chi connectivity index (χ4n) is 2.94. The Morgan fingerprint density at radius 2 is 1.91 bits per heavy atom. The minimum Gasteiger partial charge on any atom is -0.350 e.